The third-order valence-electron chi connectivity index (χ3n) is 4.83. The second kappa shape index (κ2) is 9.53. The lowest BCUT2D eigenvalue weighted by atomic mass is 10.3. The highest BCUT2D eigenvalue weighted by Gasteiger charge is 2.24. The van der Waals surface area contributed by atoms with Crippen LogP contribution in [0, 0.1) is 12.7 Å². The molecular weight excluding hydrogens is 471 g/mol. The van der Waals surface area contributed by atoms with Crippen molar-refractivity contribution in [1.29, 1.82) is 0 Å². The van der Waals surface area contributed by atoms with Crippen LogP contribution in [0.2, 0.25) is 0 Å². The number of benzene rings is 1. The molecule has 0 radical (unpaired) electrons. The Bertz CT molecular complexity index is 1260. The van der Waals surface area contributed by atoms with Crippen LogP contribution in [0.3, 0.4) is 0 Å². The Hall–Kier alpha value is -2.90. The van der Waals surface area contributed by atoms with Crippen molar-refractivity contribution in [2.45, 2.75) is 21.9 Å². The summed E-state index contributed by atoms with van der Waals surface area (Å²) < 4.78 is 49.2. The van der Waals surface area contributed by atoms with Crippen LogP contribution < -0.4 is 15.0 Å². The van der Waals surface area contributed by atoms with Crippen molar-refractivity contribution in [3.8, 4) is 5.75 Å². The fourth-order valence-electron chi connectivity index (χ4n) is 3.22. The number of morpholine rings is 1. The maximum absolute atomic E-state index is 14.7. The van der Waals surface area contributed by atoms with Crippen molar-refractivity contribution in [2.75, 3.05) is 49.9 Å². The molecule has 176 valence electrons. The number of hydrogen-bond donors (Lipinski definition) is 2. The first-order valence-corrected chi connectivity index (χ1v) is 12.7. The fourth-order valence-corrected chi connectivity index (χ4v) is 4.61. The van der Waals surface area contributed by atoms with E-state index in [1.165, 1.54) is 19.2 Å². The minimum Gasteiger partial charge on any atom is -0.490 e. The van der Waals surface area contributed by atoms with Crippen LogP contribution in [-0.2, 0) is 14.6 Å². The van der Waals surface area contributed by atoms with Crippen LogP contribution in [0.5, 0.6) is 5.75 Å². The van der Waals surface area contributed by atoms with E-state index in [1.54, 1.807) is 0 Å². The lowest BCUT2D eigenvalue weighted by Gasteiger charge is -2.29. The number of hydrogen-bond acceptors (Lipinski definition) is 10. The van der Waals surface area contributed by atoms with E-state index in [0.717, 1.165) is 29.8 Å². The van der Waals surface area contributed by atoms with Crippen molar-refractivity contribution >= 4 is 39.1 Å². The molecule has 2 N–H and O–H groups in total. The molecule has 33 heavy (non-hydrogen) atoms. The highest BCUT2D eigenvalue weighted by molar-refractivity contribution is 7.99. The van der Waals surface area contributed by atoms with Gasteiger partial charge in [0, 0.05) is 31.1 Å². The van der Waals surface area contributed by atoms with Crippen molar-refractivity contribution in [3.63, 3.8) is 0 Å². The standard InChI is InChI=1S/C20H23FN6O4S2/c1-12-10-16(26-25-12)22-18-17(30-2)19(27-6-8-31-9-7-27)24-20(23-18)32-15-5-4-13(11-14(15)21)33(3,28)29/h4-5,10-11H,6-9H2,1-3H3,(H2,22,23,24,25,26). The number of aromatic amines is 1. The number of sulfone groups is 1. The average molecular weight is 495 g/mol. The first-order chi connectivity index (χ1) is 15.7. The number of H-pyrrole nitrogens is 1. The van der Waals surface area contributed by atoms with Crippen LogP contribution in [0.4, 0.5) is 21.8 Å². The lowest BCUT2D eigenvalue weighted by molar-refractivity contribution is 0.122. The summed E-state index contributed by atoms with van der Waals surface area (Å²) in [4.78, 5) is 11.3. The van der Waals surface area contributed by atoms with Gasteiger partial charge in [-0.15, -0.1) is 0 Å². The molecule has 0 bridgehead atoms. The summed E-state index contributed by atoms with van der Waals surface area (Å²) in [5, 5.41) is 10.4. The van der Waals surface area contributed by atoms with Gasteiger partial charge in [0.25, 0.3) is 0 Å². The van der Waals surface area contributed by atoms with E-state index in [1.807, 2.05) is 17.9 Å². The van der Waals surface area contributed by atoms with Gasteiger partial charge in [-0.2, -0.15) is 5.10 Å². The molecule has 0 spiro atoms. The normalized spacial score (nSPS) is 14.4. The first kappa shape index (κ1) is 23.3. The van der Waals surface area contributed by atoms with Crippen LogP contribution in [0.25, 0.3) is 0 Å². The van der Waals surface area contributed by atoms with Gasteiger partial charge >= 0.3 is 0 Å². The van der Waals surface area contributed by atoms with Crippen LogP contribution in [-0.4, -0.2) is 68.3 Å². The average Bonchev–Trinajstić information content (AvgIpc) is 3.19. The molecular formula is C20H23FN6O4S2. The predicted molar refractivity (Wildman–Crippen MR) is 122 cm³/mol. The predicted octanol–water partition coefficient (Wildman–Crippen LogP) is 2.79. The number of aryl methyl sites for hydroxylation is 1. The van der Waals surface area contributed by atoms with E-state index in [9.17, 15) is 12.8 Å². The van der Waals surface area contributed by atoms with Gasteiger partial charge in [0.15, 0.2) is 32.4 Å². The minimum atomic E-state index is -3.52. The molecule has 1 aromatic carbocycles. The molecule has 2 aromatic heterocycles. The largest absolute Gasteiger partial charge is 0.490 e. The second-order valence-electron chi connectivity index (χ2n) is 7.34. The summed E-state index contributed by atoms with van der Waals surface area (Å²) in [7, 11) is -1.99. The Morgan fingerprint density at radius 2 is 2.00 bits per heavy atom. The van der Waals surface area contributed by atoms with E-state index >= 15 is 0 Å². The Labute approximate surface area is 194 Å². The molecule has 3 heterocycles. The molecule has 0 amide bonds. The summed E-state index contributed by atoms with van der Waals surface area (Å²) in [6.07, 6.45) is 1.03. The zero-order valence-electron chi connectivity index (χ0n) is 18.3. The van der Waals surface area contributed by atoms with E-state index in [0.29, 0.717) is 49.5 Å². The fraction of sp³-hybridized carbons (Fsp3) is 0.350. The van der Waals surface area contributed by atoms with Gasteiger partial charge in [-0.25, -0.2) is 22.8 Å². The van der Waals surface area contributed by atoms with Crippen LogP contribution in [0.15, 0.2) is 39.2 Å². The monoisotopic (exact) mass is 494 g/mol. The number of ether oxygens (including phenoxy) is 2. The van der Waals surface area contributed by atoms with E-state index in [4.69, 9.17) is 9.47 Å². The first-order valence-electron chi connectivity index (χ1n) is 10.00. The molecule has 0 aliphatic carbocycles. The molecule has 1 fully saturated rings. The number of anilines is 3. The third-order valence-corrected chi connectivity index (χ3v) is 6.85. The molecule has 0 saturated carbocycles. The zero-order chi connectivity index (χ0) is 23.6. The van der Waals surface area contributed by atoms with E-state index in [2.05, 4.69) is 25.5 Å². The van der Waals surface area contributed by atoms with Gasteiger partial charge in [0.05, 0.1) is 30.1 Å². The molecule has 1 aliphatic rings. The summed E-state index contributed by atoms with van der Waals surface area (Å²) >= 11 is 0.987. The van der Waals surface area contributed by atoms with Crippen LogP contribution in [0.1, 0.15) is 5.69 Å². The highest BCUT2D eigenvalue weighted by Crippen LogP contribution is 2.39. The molecule has 0 unspecified atom stereocenters. The molecule has 0 atom stereocenters. The van der Waals surface area contributed by atoms with Gasteiger partial charge in [0.1, 0.15) is 5.82 Å². The minimum absolute atomic E-state index is 0.0923. The van der Waals surface area contributed by atoms with Crippen molar-refractivity contribution in [2.24, 2.45) is 0 Å². The van der Waals surface area contributed by atoms with Crippen molar-refractivity contribution in [3.05, 3.63) is 35.8 Å². The zero-order valence-corrected chi connectivity index (χ0v) is 19.9. The summed E-state index contributed by atoms with van der Waals surface area (Å²) in [6.45, 7) is 4.17. The molecule has 10 nitrogen and oxygen atoms in total. The Kier molecular flexibility index (Phi) is 6.72. The summed E-state index contributed by atoms with van der Waals surface area (Å²) in [5.41, 5.74) is 0.863. The molecule has 1 aliphatic heterocycles. The van der Waals surface area contributed by atoms with Gasteiger partial charge < -0.3 is 19.7 Å². The number of nitrogens with one attached hydrogen (secondary N) is 2. The third kappa shape index (κ3) is 5.37. The van der Waals surface area contributed by atoms with Gasteiger partial charge in [-0.3, -0.25) is 5.10 Å². The molecule has 4 rings (SSSR count). The number of halogens is 1. The van der Waals surface area contributed by atoms with E-state index in [-0.39, 0.29) is 14.9 Å². The van der Waals surface area contributed by atoms with Gasteiger partial charge in [0.2, 0.25) is 5.75 Å². The number of aromatic nitrogens is 4. The molecule has 3 aromatic rings. The van der Waals surface area contributed by atoms with Gasteiger partial charge in [-0.1, -0.05) is 0 Å². The lowest BCUT2D eigenvalue weighted by Crippen LogP contribution is -2.37. The highest BCUT2D eigenvalue weighted by atomic mass is 32.2. The van der Waals surface area contributed by atoms with Crippen LogP contribution >= 0.6 is 11.8 Å². The SMILES string of the molecule is COc1c(Nc2cc(C)[nH]n2)nc(Sc2ccc(S(C)(=O)=O)cc2F)nc1N1CCOCC1. The number of nitrogens with zero attached hydrogens (tertiary/aromatic N) is 4. The maximum Gasteiger partial charge on any atom is 0.204 e. The van der Waals surface area contributed by atoms with Crippen molar-refractivity contribution < 1.29 is 22.3 Å². The number of rotatable bonds is 7. The Morgan fingerprint density at radius 3 is 2.61 bits per heavy atom. The van der Waals surface area contributed by atoms with Gasteiger partial charge in [-0.05, 0) is 36.9 Å². The molecule has 13 heteroatoms. The quantitative estimate of drug-likeness (QED) is 0.474. The second-order valence-corrected chi connectivity index (χ2v) is 10.4. The Morgan fingerprint density at radius 1 is 1.24 bits per heavy atom. The summed E-state index contributed by atoms with van der Waals surface area (Å²) in [5.74, 6) is 1.21. The molecule has 1 saturated heterocycles. The topological polar surface area (TPSA) is 122 Å². The maximum atomic E-state index is 14.7. The van der Waals surface area contributed by atoms with E-state index < -0.39 is 15.7 Å². The number of methoxy groups -OCH3 is 1. The summed E-state index contributed by atoms with van der Waals surface area (Å²) in [6, 6.07) is 5.57. The Balaban J connectivity index is 1.74. The van der Waals surface area contributed by atoms with Crippen molar-refractivity contribution in [1.82, 2.24) is 20.2 Å². The smallest absolute Gasteiger partial charge is 0.204 e.